The van der Waals surface area contributed by atoms with Crippen molar-refractivity contribution in [1.29, 1.82) is 0 Å². The number of benzene rings is 1. The first-order valence-corrected chi connectivity index (χ1v) is 6.11. The van der Waals surface area contributed by atoms with E-state index in [0.29, 0.717) is 13.2 Å². The second kappa shape index (κ2) is 5.54. The Labute approximate surface area is 110 Å². The molecule has 0 saturated carbocycles. The van der Waals surface area contributed by atoms with Crippen LogP contribution in [0.25, 0.3) is 0 Å². The molecular formula is C13H17FN2O3. The highest BCUT2D eigenvalue weighted by Crippen LogP contribution is 2.18. The Kier molecular flexibility index (Phi) is 4.01. The number of ether oxygens (including phenoxy) is 1. The SMILES string of the molecule is CC1COC(CO)CN1C(=O)c1ccc(N)c(F)c1. The van der Waals surface area contributed by atoms with Gasteiger partial charge in [0, 0.05) is 12.1 Å². The number of amides is 1. The molecule has 5 nitrogen and oxygen atoms in total. The summed E-state index contributed by atoms with van der Waals surface area (Å²) in [5.74, 6) is -0.890. The van der Waals surface area contributed by atoms with Crippen LogP contribution in [0.3, 0.4) is 0 Å². The molecule has 3 N–H and O–H groups in total. The van der Waals surface area contributed by atoms with Crippen molar-refractivity contribution in [2.24, 2.45) is 0 Å². The topological polar surface area (TPSA) is 75.8 Å². The van der Waals surface area contributed by atoms with E-state index in [1.807, 2.05) is 6.92 Å². The summed E-state index contributed by atoms with van der Waals surface area (Å²) in [5, 5.41) is 9.09. The third-order valence-corrected chi connectivity index (χ3v) is 3.22. The average molecular weight is 268 g/mol. The van der Waals surface area contributed by atoms with Crippen LogP contribution in [0.5, 0.6) is 0 Å². The number of aliphatic hydroxyl groups excluding tert-OH is 1. The van der Waals surface area contributed by atoms with Gasteiger partial charge in [-0.3, -0.25) is 4.79 Å². The van der Waals surface area contributed by atoms with Crippen molar-refractivity contribution in [2.45, 2.75) is 19.1 Å². The highest BCUT2D eigenvalue weighted by Gasteiger charge is 2.30. The number of aliphatic hydroxyl groups is 1. The summed E-state index contributed by atoms with van der Waals surface area (Å²) in [6.07, 6.45) is -0.390. The van der Waals surface area contributed by atoms with Crippen LogP contribution in [-0.4, -0.2) is 47.8 Å². The molecule has 1 heterocycles. The van der Waals surface area contributed by atoms with Gasteiger partial charge in [-0.1, -0.05) is 0 Å². The maximum absolute atomic E-state index is 13.4. The highest BCUT2D eigenvalue weighted by atomic mass is 19.1. The van der Waals surface area contributed by atoms with E-state index in [-0.39, 0.29) is 29.8 Å². The number of carbonyl (C=O) groups is 1. The van der Waals surface area contributed by atoms with Crippen LogP contribution in [0.4, 0.5) is 10.1 Å². The Hall–Kier alpha value is -1.66. The summed E-state index contributed by atoms with van der Waals surface area (Å²) < 4.78 is 18.7. The molecule has 0 bridgehead atoms. The molecule has 0 radical (unpaired) electrons. The van der Waals surface area contributed by atoms with Crippen LogP contribution in [0.2, 0.25) is 0 Å². The predicted octanol–water partition coefficient (Wildman–Crippen LogP) is 0.630. The summed E-state index contributed by atoms with van der Waals surface area (Å²) in [6.45, 7) is 2.35. The standard InChI is InChI=1S/C13H17FN2O3/c1-8-7-19-10(6-17)5-16(8)13(18)9-2-3-12(15)11(14)4-9/h2-4,8,10,17H,5-7,15H2,1H3. The zero-order chi connectivity index (χ0) is 14.0. The van der Waals surface area contributed by atoms with E-state index >= 15 is 0 Å². The Morgan fingerprint density at radius 2 is 2.37 bits per heavy atom. The van der Waals surface area contributed by atoms with Crippen molar-refractivity contribution < 1.29 is 19.0 Å². The number of nitrogen functional groups attached to an aromatic ring is 1. The van der Waals surface area contributed by atoms with Crippen molar-refractivity contribution >= 4 is 11.6 Å². The van der Waals surface area contributed by atoms with Gasteiger partial charge in [-0.2, -0.15) is 0 Å². The number of hydrogen-bond donors (Lipinski definition) is 2. The van der Waals surface area contributed by atoms with Crippen molar-refractivity contribution in [3.63, 3.8) is 0 Å². The molecule has 19 heavy (non-hydrogen) atoms. The molecule has 1 aliphatic rings. The molecule has 2 unspecified atom stereocenters. The van der Waals surface area contributed by atoms with Gasteiger partial charge in [0.15, 0.2) is 0 Å². The molecule has 1 amide bonds. The summed E-state index contributed by atoms with van der Waals surface area (Å²) in [5.41, 5.74) is 5.65. The third-order valence-electron chi connectivity index (χ3n) is 3.22. The van der Waals surface area contributed by atoms with Crippen molar-refractivity contribution in [3.05, 3.63) is 29.6 Å². The zero-order valence-electron chi connectivity index (χ0n) is 10.7. The predicted molar refractivity (Wildman–Crippen MR) is 68.1 cm³/mol. The number of carbonyl (C=O) groups excluding carboxylic acids is 1. The summed E-state index contributed by atoms with van der Waals surface area (Å²) in [4.78, 5) is 13.9. The normalized spacial score (nSPS) is 23.4. The summed E-state index contributed by atoms with van der Waals surface area (Å²) in [7, 11) is 0. The van der Waals surface area contributed by atoms with E-state index in [1.165, 1.54) is 12.1 Å². The van der Waals surface area contributed by atoms with Crippen molar-refractivity contribution in [1.82, 2.24) is 4.90 Å². The number of nitrogens with zero attached hydrogens (tertiary/aromatic N) is 1. The average Bonchev–Trinajstić information content (AvgIpc) is 2.41. The molecule has 1 aliphatic heterocycles. The number of rotatable bonds is 2. The van der Waals surface area contributed by atoms with Gasteiger partial charge in [-0.15, -0.1) is 0 Å². The van der Waals surface area contributed by atoms with Crippen LogP contribution in [-0.2, 0) is 4.74 Å². The van der Waals surface area contributed by atoms with Gasteiger partial charge < -0.3 is 20.5 Å². The van der Waals surface area contributed by atoms with E-state index in [0.717, 1.165) is 6.07 Å². The van der Waals surface area contributed by atoms with Crippen LogP contribution < -0.4 is 5.73 Å². The fourth-order valence-electron chi connectivity index (χ4n) is 2.04. The van der Waals surface area contributed by atoms with Gasteiger partial charge in [-0.25, -0.2) is 4.39 Å². The van der Waals surface area contributed by atoms with E-state index < -0.39 is 11.9 Å². The molecule has 1 aromatic carbocycles. The molecule has 1 fully saturated rings. The van der Waals surface area contributed by atoms with Gasteiger partial charge >= 0.3 is 0 Å². The number of morpholine rings is 1. The first-order chi connectivity index (χ1) is 9.02. The minimum Gasteiger partial charge on any atom is -0.396 e. The smallest absolute Gasteiger partial charge is 0.254 e. The monoisotopic (exact) mass is 268 g/mol. The molecule has 0 spiro atoms. The lowest BCUT2D eigenvalue weighted by Crippen LogP contribution is -2.52. The van der Waals surface area contributed by atoms with Gasteiger partial charge in [0.05, 0.1) is 31.0 Å². The lowest BCUT2D eigenvalue weighted by molar-refractivity contribution is -0.0667. The third kappa shape index (κ3) is 2.85. The van der Waals surface area contributed by atoms with Crippen LogP contribution >= 0.6 is 0 Å². The number of hydrogen-bond acceptors (Lipinski definition) is 4. The van der Waals surface area contributed by atoms with Gasteiger partial charge in [0.1, 0.15) is 5.82 Å². The molecule has 2 atom stereocenters. The van der Waals surface area contributed by atoms with Gasteiger partial charge in [0.25, 0.3) is 5.91 Å². The first-order valence-electron chi connectivity index (χ1n) is 6.11. The molecule has 6 heteroatoms. The molecule has 2 rings (SSSR count). The minimum atomic E-state index is -0.606. The first kappa shape index (κ1) is 13.8. The summed E-state index contributed by atoms with van der Waals surface area (Å²) in [6, 6.07) is 3.89. The lowest BCUT2D eigenvalue weighted by Gasteiger charge is -2.37. The highest BCUT2D eigenvalue weighted by molar-refractivity contribution is 5.94. The molecule has 104 valence electrons. The Morgan fingerprint density at radius 1 is 1.63 bits per heavy atom. The maximum atomic E-state index is 13.4. The molecule has 0 aromatic heterocycles. The number of anilines is 1. The van der Waals surface area contributed by atoms with Gasteiger partial charge in [0.2, 0.25) is 0 Å². The van der Waals surface area contributed by atoms with E-state index in [2.05, 4.69) is 0 Å². The Balaban J connectivity index is 2.19. The maximum Gasteiger partial charge on any atom is 0.254 e. The number of nitrogens with two attached hydrogens (primary N) is 1. The fourth-order valence-corrected chi connectivity index (χ4v) is 2.04. The largest absolute Gasteiger partial charge is 0.396 e. The van der Waals surface area contributed by atoms with Gasteiger partial charge in [-0.05, 0) is 25.1 Å². The van der Waals surface area contributed by atoms with E-state index in [1.54, 1.807) is 4.90 Å². The van der Waals surface area contributed by atoms with Crippen molar-refractivity contribution in [2.75, 3.05) is 25.5 Å². The number of halogens is 1. The van der Waals surface area contributed by atoms with E-state index in [4.69, 9.17) is 15.6 Å². The molecule has 1 saturated heterocycles. The van der Waals surface area contributed by atoms with Crippen molar-refractivity contribution in [3.8, 4) is 0 Å². The zero-order valence-corrected chi connectivity index (χ0v) is 10.7. The molecular weight excluding hydrogens is 251 g/mol. The van der Waals surface area contributed by atoms with Crippen LogP contribution in [0, 0.1) is 5.82 Å². The van der Waals surface area contributed by atoms with Crippen LogP contribution in [0.1, 0.15) is 17.3 Å². The minimum absolute atomic E-state index is 0.0137. The second-order valence-corrected chi connectivity index (χ2v) is 4.68. The fraction of sp³-hybridized carbons (Fsp3) is 0.462. The molecule has 1 aromatic rings. The quantitative estimate of drug-likeness (QED) is 0.771. The Bertz CT molecular complexity index is 481. The van der Waals surface area contributed by atoms with Crippen LogP contribution in [0.15, 0.2) is 18.2 Å². The second-order valence-electron chi connectivity index (χ2n) is 4.68. The molecule has 0 aliphatic carbocycles. The summed E-state index contributed by atoms with van der Waals surface area (Å²) >= 11 is 0. The van der Waals surface area contributed by atoms with E-state index in [9.17, 15) is 9.18 Å². The lowest BCUT2D eigenvalue weighted by atomic mass is 10.1. The Morgan fingerprint density at radius 3 is 3.00 bits per heavy atom.